The van der Waals surface area contributed by atoms with E-state index in [0.29, 0.717) is 0 Å². The van der Waals surface area contributed by atoms with Crippen LogP contribution in [0.2, 0.25) is 0 Å². The molecule has 0 fully saturated rings. The molecule has 7 nitrogen and oxygen atoms in total. The SMILES string of the molecule is Cn1cc(C2NCCn3c(-c4ccccn4)nnc32)cn1. The molecule has 0 bridgehead atoms. The maximum absolute atomic E-state index is 4.37. The molecule has 0 saturated carbocycles. The molecule has 0 aliphatic carbocycles. The number of hydrogen-bond donors (Lipinski definition) is 1. The number of pyridine rings is 1. The Kier molecular flexibility index (Phi) is 2.78. The van der Waals surface area contributed by atoms with Crippen LogP contribution < -0.4 is 5.32 Å². The second kappa shape index (κ2) is 4.78. The first-order chi connectivity index (χ1) is 10.3. The van der Waals surface area contributed by atoms with Gasteiger partial charge in [0.05, 0.1) is 12.2 Å². The summed E-state index contributed by atoms with van der Waals surface area (Å²) in [7, 11) is 1.91. The van der Waals surface area contributed by atoms with Crippen LogP contribution in [-0.4, -0.2) is 36.1 Å². The Morgan fingerprint density at radius 1 is 1.29 bits per heavy atom. The van der Waals surface area contributed by atoms with Crippen molar-refractivity contribution in [1.29, 1.82) is 0 Å². The molecule has 21 heavy (non-hydrogen) atoms. The highest BCUT2D eigenvalue weighted by atomic mass is 15.3. The van der Waals surface area contributed by atoms with Crippen molar-refractivity contribution in [2.24, 2.45) is 7.05 Å². The van der Waals surface area contributed by atoms with Gasteiger partial charge in [0.15, 0.2) is 11.6 Å². The Hall–Kier alpha value is -2.54. The summed E-state index contributed by atoms with van der Waals surface area (Å²) in [6, 6.07) is 5.84. The van der Waals surface area contributed by atoms with Crippen LogP contribution in [0, 0.1) is 0 Å². The summed E-state index contributed by atoms with van der Waals surface area (Å²) in [5.74, 6) is 1.73. The molecule has 0 radical (unpaired) electrons. The van der Waals surface area contributed by atoms with Crippen LogP contribution in [0.25, 0.3) is 11.5 Å². The quantitative estimate of drug-likeness (QED) is 0.751. The number of nitrogens with one attached hydrogen (secondary N) is 1. The van der Waals surface area contributed by atoms with E-state index in [1.807, 2.05) is 37.6 Å². The first-order valence-electron chi connectivity index (χ1n) is 6.89. The summed E-state index contributed by atoms with van der Waals surface area (Å²) in [6.45, 7) is 1.70. The molecular weight excluding hydrogens is 266 g/mol. The van der Waals surface area contributed by atoms with Crippen molar-refractivity contribution in [3.05, 3.63) is 48.2 Å². The second-order valence-electron chi connectivity index (χ2n) is 5.08. The third-order valence-corrected chi connectivity index (χ3v) is 3.67. The van der Waals surface area contributed by atoms with Gasteiger partial charge < -0.3 is 9.88 Å². The number of fused-ring (bicyclic) bond motifs is 1. The van der Waals surface area contributed by atoms with Crippen molar-refractivity contribution < 1.29 is 0 Å². The van der Waals surface area contributed by atoms with E-state index in [1.54, 1.807) is 10.9 Å². The molecule has 0 aromatic carbocycles. The summed E-state index contributed by atoms with van der Waals surface area (Å²) >= 11 is 0. The fourth-order valence-corrected chi connectivity index (χ4v) is 2.70. The molecule has 0 spiro atoms. The molecule has 7 heteroatoms. The van der Waals surface area contributed by atoms with Crippen molar-refractivity contribution in [3.63, 3.8) is 0 Å². The number of rotatable bonds is 2. The van der Waals surface area contributed by atoms with E-state index >= 15 is 0 Å². The highest BCUT2D eigenvalue weighted by Gasteiger charge is 2.27. The summed E-state index contributed by atoms with van der Waals surface area (Å²) < 4.78 is 3.93. The number of aromatic nitrogens is 6. The molecule has 1 aliphatic rings. The lowest BCUT2D eigenvalue weighted by Crippen LogP contribution is -2.34. The fraction of sp³-hybridized carbons (Fsp3) is 0.286. The molecular formula is C14H15N7. The van der Waals surface area contributed by atoms with Crippen molar-refractivity contribution in [2.45, 2.75) is 12.6 Å². The zero-order chi connectivity index (χ0) is 14.2. The lowest BCUT2D eigenvalue weighted by atomic mass is 10.1. The lowest BCUT2D eigenvalue weighted by molar-refractivity contribution is 0.457. The van der Waals surface area contributed by atoms with Crippen molar-refractivity contribution in [1.82, 2.24) is 34.8 Å². The van der Waals surface area contributed by atoms with Crippen LogP contribution in [0.1, 0.15) is 17.4 Å². The van der Waals surface area contributed by atoms with E-state index in [-0.39, 0.29) is 6.04 Å². The van der Waals surface area contributed by atoms with Gasteiger partial charge in [0.2, 0.25) is 0 Å². The molecule has 3 aromatic rings. The molecule has 4 heterocycles. The lowest BCUT2D eigenvalue weighted by Gasteiger charge is -2.24. The predicted octanol–water partition coefficient (Wildman–Crippen LogP) is 0.766. The second-order valence-corrected chi connectivity index (χ2v) is 5.08. The van der Waals surface area contributed by atoms with E-state index < -0.39 is 0 Å². The van der Waals surface area contributed by atoms with Crippen LogP contribution in [0.3, 0.4) is 0 Å². The van der Waals surface area contributed by atoms with Crippen molar-refractivity contribution in [3.8, 4) is 11.5 Å². The number of nitrogens with zero attached hydrogens (tertiary/aromatic N) is 6. The van der Waals surface area contributed by atoms with E-state index in [2.05, 4.69) is 30.2 Å². The number of aryl methyl sites for hydroxylation is 1. The average Bonchev–Trinajstić information content (AvgIpc) is 3.14. The van der Waals surface area contributed by atoms with E-state index in [1.165, 1.54) is 0 Å². The van der Waals surface area contributed by atoms with Crippen molar-refractivity contribution in [2.75, 3.05) is 6.54 Å². The molecule has 1 N–H and O–H groups in total. The van der Waals surface area contributed by atoms with Gasteiger partial charge >= 0.3 is 0 Å². The van der Waals surface area contributed by atoms with Crippen molar-refractivity contribution >= 4 is 0 Å². The Bertz CT molecular complexity index is 759. The third-order valence-electron chi connectivity index (χ3n) is 3.67. The highest BCUT2D eigenvalue weighted by Crippen LogP contribution is 2.26. The molecule has 1 unspecified atom stereocenters. The Morgan fingerprint density at radius 2 is 2.24 bits per heavy atom. The Morgan fingerprint density at radius 3 is 3.00 bits per heavy atom. The van der Waals surface area contributed by atoms with Crippen LogP contribution in [0.4, 0.5) is 0 Å². The van der Waals surface area contributed by atoms with Crippen LogP contribution in [0.15, 0.2) is 36.8 Å². The van der Waals surface area contributed by atoms with Crippen LogP contribution in [-0.2, 0) is 13.6 Å². The normalized spacial score (nSPS) is 17.7. The van der Waals surface area contributed by atoms with E-state index in [9.17, 15) is 0 Å². The monoisotopic (exact) mass is 281 g/mol. The fourth-order valence-electron chi connectivity index (χ4n) is 2.70. The van der Waals surface area contributed by atoms with Crippen LogP contribution >= 0.6 is 0 Å². The molecule has 3 aromatic heterocycles. The Balaban J connectivity index is 1.78. The zero-order valence-electron chi connectivity index (χ0n) is 11.6. The maximum atomic E-state index is 4.37. The minimum atomic E-state index is 0.0254. The molecule has 1 atom stereocenters. The molecule has 0 amide bonds. The highest BCUT2D eigenvalue weighted by molar-refractivity contribution is 5.49. The average molecular weight is 281 g/mol. The van der Waals surface area contributed by atoms with Gasteiger partial charge in [-0.05, 0) is 12.1 Å². The molecule has 0 saturated heterocycles. The topological polar surface area (TPSA) is 73.5 Å². The predicted molar refractivity (Wildman–Crippen MR) is 76.3 cm³/mol. The minimum absolute atomic E-state index is 0.0254. The van der Waals surface area contributed by atoms with Gasteiger partial charge in [0, 0.05) is 38.1 Å². The van der Waals surface area contributed by atoms with E-state index in [0.717, 1.165) is 36.0 Å². The van der Waals surface area contributed by atoms with Gasteiger partial charge in [-0.2, -0.15) is 5.10 Å². The standard InChI is InChI=1S/C14H15N7/c1-20-9-10(8-17-20)12-14-19-18-13(21(14)7-6-16-12)11-4-2-3-5-15-11/h2-5,8-9,12,16H,6-7H2,1H3. The van der Waals surface area contributed by atoms with Gasteiger partial charge in [-0.3, -0.25) is 9.67 Å². The van der Waals surface area contributed by atoms with Gasteiger partial charge in [0.25, 0.3) is 0 Å². The first kappa shape index (κ1) is 12.2. The van der Waals surface area contributed by atoms with Gasteiger partial charge in [0.1, 0.15) is 5.69 Å². The molecule has 1 aliphatic heterocycles. The molecule has 106 valence electrons. The van der Waals surface area contributed by atoms with Crippen LogP contribution in [0.5, 0.6) is 0 Å². The summed E-state index contributed by atoms with van der Waals surface area (Å²) in [4.78, 5) is 4.37. The first-order valence-corrected chi connectivity index (χ1v) is 6.89. The summed E-state index contributed by atoms with van der Waals surface area (Å²) in [5.41, 5.74) is 1.95. The Labute approximate surface area is 121 Å². The minimum Gasteiger partial charge on any atom is -0.307 e. The summed E-state index contributed by atoms with van der Waals surface area (Å²) in [5, 5.41) is 16.4. The maximum Gasteiger partial charge on any atom is 0.182 e. The summed E-state index contributed by atoms with van der Waals surface area (Å²) in [6.07, 6.45) is 5.64. The zero-order valence-corrected chi connectivity index (χ0v) is 11.6. The smallest absolute Gasteiger partial charge is 0.182 e. The number of hydrogen-bond acceptors (Lipinski definition) is 5. The third kappa shape index (κ3) is 2.02. The van der Waals surface area contributed by atoms with Gasteiger partial charge in [-0.15, -0.1) is 10.2 Å². The van der Waals surface area contributed by atoms with Gasteiger partial charge in [-0.1, -0.05) is 6.07 Å². The largest absolute Gasteiger partial charge is 0.307 e. The molecule has 4 rings (SSSR count). The van der Waals surface area contributed by atoms with E-state index in [4.69, 9.17) is 0 Å². The van der Waals surface area contributed by atoms with Gasteiger partial charge in [-0.25, -0.2) is 0 Å².